The number of methoxy groups -OCH3 is 1. The molecule has 8 heteroatoms. The van der Waals surface area contributed by atoms with Gasteiger partial charge in [-0.2, -0.15) is 0 Å². The summed E-state index contributed by atoms with van der Waals surface area (Å²) in [5.74, 6) is 0.538. The number of hydrogen-bond donors (Lipinski definition) is 2. The minimum absolute atomic E-state index is 0.0124. The Labute approximate surface area is 180 Å². The highest BCUT2D eigenvalue weighted by Crippen LogP contribution is 2.26. The second-order valence-corrected chi connectivity index (χ2v) is 7.47. The second-order valence-electron chi connectivity index (χ2n) is 7.06. The number of benzene rings is 1. The maximum atomic E-state index is 13.2. The number of carbonyl (C=O) groups excluding carboxylic acids is 1. The molecule has 2 N–H and O–H groups in total. The maximum absolute atomic E-state index is 13.2. The Balaban J connectivity index is 1.74. The Hall–Kier alpha value is -2.74. The molecule has 2 unspecified atom stereocenters. The van der Waals surface area contributed by atoms with Crippen LogP contribution >= 0.6 is 11.6 Å². The van der Waals surface area contributed by atoms with Gasteiger partial charge in [0.2, 0.25) is 0 Å². The van der Waals surface area contributed by atoms with E-state index in [0.717, 1.165) is 5.56 Å². The molecule has 0 aliphatic carbocycles. The van der Waals surface area contributed by atoms with Gasteiger partial charge < -0.3 is 19.7 Å². The zero-order valence-electron chi connectivity index (χ0n) is 17.0. The molecule has 0 bridgehead atoms. The number of halogens is 1. The molecule has 1 aromatic carbocycles. The van der Waals surface area contributed by atoms with Gasteiger partial charge in [-0.15, -0.1) is 0 Å². The number of aliphatic hydroxyl groups excluding tert-OH is 1. The average molecular weight is 429 g/mol. The highest BCUT2D eigenvalue weighted by atomic mass is 35.5. The predicted octanol–water partition coefficient (Wildman–Crippen LogP) is 3.42. The molecule has 2 heterocycles. The lowest BCUT2D eigenvalue weighted by Crippen LogP contribution is -2.32. The molecule has 0 spiro atoms. The van der Waals surface area contributed by atoms with Crippen molar-refractivity contribution in [2.75, 3.05) is 7.11 Å². The first-order chi connectivity index (χ1) is 14.5. The number of ketones is 1. The van der Waals surface area contributed by atoms with E-state index in [1.54, 1.807) is 13.2 Å². The van der Waals surface area contributed by atoms with E-state index >= 15 is 0 Å². The van der Waals surface area contributed by atoms with Crippen molar-refractivity contribution in [1.82, 2.24) is 19.9 Å². The molecule has 0 saturated carbocycles. The predicted molar refractivity (Wildman–Crippen MR) is 115 cm³/mol. The van der Waals surface area contributed by atoms with E-state index in [0.29, 0.717) is 35.0 Å². The van der Waals surface area contributed by atoms with Gasteiger partial charge in [0.25, 0.3) is 0 Å². The Morgan fingerprint density at radius 3 is 2.73 bits per heavy atom. The monoisotopic (exact) mass is 428 g/mol. The van der Waals surface area contributed by atoms with Crippen LogP contribution in [0.4, 0.5) is 0 Å². The Kier molecular flexibility index (Phi) is 7.57. The van der Waals surface area contributed by atoms with E-state index < -0.39 is 6.04 Å². The topological polar surface area (TPSA) is 89.3 Å². The summed E-state index contributed by atoms with van der Waals surface area (Å²) in [4.78, 5) is 21.1. The van der Waals surface area contributed by atoms with Crippen LogP contribution in [0.15, 0.2) is 55.2 Å². The third-order valence-corrected chi connectivity index (χ3v) is 5.26. The first-order valence-electron chi connectivity index (χ1n) is 9.65. The summed E-state index contributed by atoms with van der Waals surface area (Å²) in [7, 11) is 1.58. The zero-order chi connectivity index (χ0) is 21.5. The number of nitrogens with zero attached hydrogens (tertiary/aromatic N) is 3. The molecule has 0 aliphatic heterocycles. The van der Waals surface area contributed by atoms with Crippen LogP contribution in [-0.4, -0.2) is 38.6 Å². The first-order valence-corrected chi connectivity index (χ1v) is 10.0. The molecule has 2 atom stereocenters. The van der Waals surface area contributed by atoms with E-state index in [-0.39, 0.29) is 18.4 Å². The average Bonchev–Trinajstić information content (AvgIpc) is 3.25. The zero-order valence-corrected chi connectivity index (χ0v) is 17.7. The molecule has 0 amide bonds. The highest BCUT2D eigenvalue weighted by molar-refractivity contribution is 6.32. The number of ether oxygens (including phenoxy) is 1. The van der Waals surface area contributed by atoms with Crippen molar-refractivity contribution in [3.05, 3.63) is 77.1 Å². The van der Waals surface area contributed by atoms with Crippen LogP contribution < -0.4 is 10.1 Å². The number of aromatic nitrogens is 3. The van der Waals surface area contributed by atoms with Crippen LogP contribution in [0.25, 0.3) is 0 Å². The molecule has 0 fully saturated rings. The fraction of sp³-hybridized carbons (Fsp3) is 0.318. The van der Waals surface area contributed by atoms with Crippen molar-refractivity contribution in [2.24, 2.45) is 0 Å². The summed E-state index contributed by atoms with van der Waals surface area (Å²) >= 11 is 6.20. The van der Waals surface area contributed by atoms with E-state index in [1.807, 2.05) is 42.0 Å². The molecule has 0 aliphatic rings. The highest BCUT2D eigenvalue weighted by Gasteiger charge is 2.25. The van der Waals surface area contributed by atoms with E-state index in [2.05, 4.69) is 15.3 Å². The standard InChI is InChI=1S/C22H25ClN4O3/c1-15(26-10-16-5-6-21(30-2)19(23)9-16)8-20(27-7-3-4-18(27)13-28)22(29)17-11-24-14-25-12-17/h3-7,9,11-12,14-15,20,26,28H,8,10,13H2,1-2H3. The summed E-state index contributed by atoms with van der Waals surface area (Å²) < 4.78 is 7.00. The molecular weight excluding hydrogens is 404 g/mol. The van der Waals surface area contributed by atoms with Crippen molar-refractivity contribution in [1.29, 1.82) is 0 Å². The SMILES string of the molecule is COc1ccc(CNC(C)CC(C(=O)c2cncnc2)n2cccc2CO)cc1Cl. The lowest BCUT2D eigenvalue weighted by atomic mass is 9.99. The minimum atomic E-state index is -0.491. The largest absolute Gasteiger partial charge is 0.495 e. The van der Waals surface area contributed by atoms with Gasteiger partial charge in [0.1, 0.15) is 12.1 Å². The van der Waals surface area contributed by atoms with Gasteiger partial charge in [-0.3, -0.25) is 4.79 Å². The van der Waals surface area contributed by atoms with E-state index in [9.17, 15) is 9.90 Å². The third kappa shape index (κ3) is 5.24. The second kappa shape index (κ2) is 10.3. The summed E-state index contributed by atoms with van der Waals surface area (Å²) in [5.41, 5.74) is 2.14. The Morgan fingerprint density at radius 2 is 2.07 bits per heavy atom. The molecule has 30 heavy (non-hydrogen) atoms. The lowest BCUT2D eigenvalue weighted by Gasteiger charge is -2.24. The van der Waals surface area contributed by atoms with E-state index in [1.165, 1.54) is 18.7 Å². The van der Waals surface area contributed by atoms with Crippen LogP contribution in [0, 0.1) is 0 Å². The van der Waals surface area contributed by atoms with Crippen LogP contribution in [0.5, 0.6) is 5.75 Å². The number of aliphatic hydroxyl groups is 1. The molecule has 3 rings (SSSR count). The Morgan fingerprint density at radius 1 is 1.30 bits per heavy atom. The quantitative estimate of drug-likeness (QED) is 0.481. The fourth-order valence-corrected chi connectivity index (χ4v) is 3.64. The number of rotatable bonds is 10. The van der Waals surface area contributed by atoms with Gasteiger partial charge in [-0.25, -0.2) is 9.97 Å². The van der Waals surface area contributed by atoms with E-state index in [4.69, 9.17) is 16.3 Å². The summed E-state index contributed by atoms with van der Waals surface area (Å²) in [6.45, 7) is 2.47. The van der Waals surface area contributed by atoms with Crippen molar-refractivity contribution < 1.29 is 14.6 Å². The Bertz CT molecular complexity index is 978. The first kappa shape index (κ1) is 22.0. The number of nitrogens with one attached hydrogen (secondary N) is 1. The van der Waals surface area contributed by atoms with Gasteiger partial charge in [-0.1, -0.05) is 17.7 Å². The summed E-state index contributed by atoms with van der Waals surface area (Å²) in [5, 5.41) is 13.7. The summed E-state index contributed by atoms with van der Waals surface area (Å²) in [6, 6.07) is 8.79. The smallest absolute Gasteiger partial charge is 0.188 e. The number of hydrogen-bond acceptors (Lipinski definition) is 6. The van der Waals surface area contributed by atoms with Gasteiger partial charge >= 0.3 is 0 Å². The van der Waals surface area contributed by atoms with Crippen LogP contribution in [0.2, 0.25) is 5.02 Å². The van der Waals surface area contributed by atoms with Crippen molar-refractivity contribution in [3.8, 4) is 5.75 Å². The van der Waals surface area contributed by atoms with Crippen LogP contribution in [0.3, 0.4) is 0 Å². The number of Topliss-reactive ketones (excluding diaryl/α,β-unsaturated/α-hetero) is 1. The molecule has 3 aromatic rings. The van der Waals surface area contributed by atoms with Crippen LogP contribution in [0.1, 0.15) is 41.0 Å². The van der Waals surface area contributed by atoms with Crippen molar-refractivity contribution >= 4 is 17.4 Å². The molecule has 158 valence electrons. The number of carbonyl (C=O) groups is 1. The molecular formula is C22H25ClN4O3. The minimum Gasteiger partial charge on any atom is -0.495 e. The van der Waals surface area contributed by atoms with Gasteiger partial charge in [0.05, 0.1) is 30.3 Å². The molecule has 7 nitrogen and oxygen atoms in total. The van der Waals surface area contributed by atoms with Crippen molar-refractivity contribution in [3.63, 3.8) is 0 Å². The maximum Gasteiger partial charge on any atom is 0.188 e. The molecule has 2 aromatic heterocycles. The third-order valence-electron chi connectivity index (χ3n) is 4.96. The lowest BCUT2D eigenvalue weighted by molar-refractivity contribution is 0.0906. The van der Waals surface area contributed by atoms with Crippen LogP contribution in [-0.2, 0) is 13.2 Å². The molecule has 0 saturated heterocycles. The summed E-state index contributed by atoms with van der Waals surface area (Å²) in [6.07, 6.45) is 6.77. The molecule has 0 radical (unpaired) electrons. The van der Waals surface area contributed by atoms with Gasteiger partial charge in [0, 0.05) is 36.9 Å². The normalized spacial score (nSPS) is 13.1. The fourth-order valence-electron chi connectivity index (χ4n) is 3.36. The van der Waals surface area contributed by atoms with Crippen molar-refractivity contribution in [2.45, 2.75) is 38.6 Å². The van der Waals surface area contributed by atoms with Gasteiger partial charge in [0.15, 0.2) is 5.78 Å². The van der Waals surface area contributed by atoms with Gasteiger partial charge in [-0.05, 0) is 43.2 Å².